The lowest BCUT2D eigenvalue weighted by Gasteiger charge is -2.25. The molecule has 2 aromatic carbocycles. The number of benzene rings is 2. The summed E-state index contributed by atoms with van der Waals surface area (Å²) in [6.07, 6.45) is 3.26. The summed E-state index contributed by atoms with van der Waals surface area (Å²) in [5.74, 6) is 0.941. The largest absolute Gasteiger partial charge is 0.494 e. The van der Waals surface area contributed by atoms with Crippen LogP contribution in [0.2, 0.25) is 5.02 Å². The lowest BCUT2D eigenvalue weighted by molar-refractivity contribution is 0.309. The Kier molecular flexibility index (Phi) is 4.69. The maximum Gasteiger partial charge on any atom is 0.119 e. The van der Waals surface area contributed by atoms with E-state index in [4.69, 9.17) is 16.3 Å². The van der Waals surface area contributed by atoms with Crippen LogP contribution in [0.1, 0.15) is 42.6 Å². The Morgan fingerprint density at radius 2 is 2.00 bits per heavy atom. The molecule has 0 fully saturated rings. The maximum absolute atomic E-state index is 6.20. The minimum atomic E-state index is 0.180. The fraction of sp³-hybridized carbons (Fsp3) is 0.333. The van der Waals surface area contributed by atoms with E-state index < -0.39 is 0 Å². The van der Waals surface area contributed by atoms with Gasteiger partial charge in [0, 0.05) is 28.2 Å². The van der Waals surface area contributed by atoms with E-state index in [9.17, 15) is 0 Å². The molecule has 0 unspecified atom stereocenters. The molecule has 25 heavy (non-hydrogen) atoms. The van der Waals surface area contributed by atoms with Crippen molar-refractivity contribution in [3.8, 4) is 5.75 Å². The molecule has 2 N–H and O–H groups in total. The summed E-state index contributed by atoms with van der Waals surface area (Å²) in [6, 6.07) is 14.7. The van der Waals surface area contributed by atoms with Crippen molar-refractivity contribution in [2.75, 3.05) is 13.2 Å². The van der Waals surface area contributed by atoms with Gasteiger partial charge in [0.05, 0.1) is 12.6 Å². The zero-order chi connectivity index (χ0) is 17.2. The number of fused-ring (bicyclic) bond motifs is 3. The molecule has 3 nitrogen and oxygen atoms in total. The SMILES string of the molecule is CCCCOc1ccc([C@@H]2NCCc3c2[nH]c2ccc(Cl)cc32)cc1. The van der Waals surface area contributed by atoms with Gasteiger partial charge >= 0.3 is 0 Å². The Morgan fingerprint density at radius 3 is 2.80 bits per heavy atom. The van der Waals surface area contributed by atoms with Crippen LogP contribution in [0.5, 0.6) is 5.75 Å². The van der Waals surface area contributed by atoms with E-state index >= 15 is 0 Å². The minimum absolute atomic E-state index is 0.180. The summed E-state index contributed by atoms with van der Waals surface area (Å²) in [7, 11) is 0. The van der Waals surface area contributed by atoms with Crippen LogP contribution in [-0.2, 0) is 6.42 Å². The molecule has 1 aromatic heterocycles. The number of rotatable bonds is 5. The van der Waals surface area contributed by atoms with Crippen LogP contribution in [0.3, 0.4) is 0 Å². The van der Waals surface area contributed by atoms with Gasteiger partial charge in [-0.05, 0) is 54.3 Å². The predicted molar refractivity (Wildman–Crippen MR) is 104 cm³/mol. The monoisotopic (exact) mass is 354 g/mol. The first-order chi connectivity index (χ1) is 12.3. The molecule has 130 valence electrons. The molecule has 0 radical (unpaired) electrons. The van der Waals surface area contributed by atoms with Crippen molar-refractivity contribution in [1.29, 1.82) is 0 Å². The first-order valence-corrected chi connectivity index (χ1v) is 9.40. The molecule has 4 rings (SSSR count). The number of ether oxygens (including phenoxy) is 1. The second-order valence-electron chi connectivity index (χ2n) is 6.62. The van der Waals surface area contributed by atoms with Crippen LogP contribution >= 0.6 is 11.6 Å². The molecule has 1 atom stereocenters. The summed E-state index contributed by atoms with van der Waals surface area (Å²) in [4.78, 5) is 3.60. The van der Waals surface area contributed by atoms with E-state index in [-0.39, 0.29) is 6.04 Å². The van der Waals surface area contributed by atoms with Gasteiger partial charge in [-0.25, -0.2) is 0 Å². The number of aromatic nitrogens is 1. The average molecular weight is 355 g/mol. The van der Waals surface area contributed by atoms with Crippen LogP contribution in [0.25, 0.3) is 10.9 Å². The molecule has 2 heterocycles. The highest BCUT2D eigenvalue weighted by Gasteiger charge is 2.25. The number of aromatic amines is 1. The highest BCUT2D eigenvalue weighted by atomic mass is 35.5. The van der Waals surface area contributed by atoms with Crippen LogP contribution in [-0.4, -0.2) is 18.1 Å². The first kappa shape index (κ1) is 16.5. The molecule has 4 heteroatoms. The van der Waals surface area contributed by atoms with Crippen LogP contribution in [0.4, 0.5) is 0 Å². The summed E-state index contributed by atoms with van der Waals surface area (Å²) < 4.78 is 5.78. The zero-order valence-corrected chi connectivity index (χ0v) is 15.2. The van der Waals surface area contributed by atoms with E-state index in [1.54, 1.807) is 0 Å². The number of hydrogen-bond acceptors (Lipinski definition) is 2. The maximum atomic E-state index is 6.20. The van der Waals surface area contributed by atoms with E-state index in [1.165, 1.54) is 22.2 Å². The summed E-state index contributed by atoms with van der Waals surface area (Å²) >= 11 is 6.20. The van der Waals surface area contributed by atoms with Gasteiger partial charge in [-0.15, -0.1) is 0 Å². The van der Waals surface area contributed by atoms with Gasteiger partial charge in [-0.3, -0.25) is 0 Å². The van der Waals surface area contributed by atoms with E-state index in [2.05, 4.69) is 53.6 Å². The molecule has 3 aromatic rings. The van der Waals surface area contributed by atoms with Crippen molar-refractivity contribution in [3.63, 3.8) is 0 Å². The van der Waals surface area contributed by atoms with Gasteiger partial charge < -0.3 is 15.0 Å². The highest BCUT2D eigenvalue weighted by Crippen LogP contribution is 2.35. The van der Waals surface area contributed by atoms with Gasteiger partial charge in [0.2, 0.25) is 0 Å². The second-order valence-corrected chi connectivity index (χ2v) is 7.05. The standard InChI is InChI=1S/C21H23ClN2O/c1-2-3-12-25-16-7-4-14(5-8-16)20-21-17(10-11-23-20)18-13-15(22)6-9-19(18)24-21/h4-9,13,20,23-24H,2-3,10-12H2,1H3/t20-/m0/s1. The van der Waals surface area contributed by atoms with E-state index in [0.717, 1.165) is 48.7 Å². The normalized spacial score (nSPS) is 16.8. The highest BCUT2D eigenvalue weighted by molar-refractivity contribution is 6.31. The van der Waals surface area contributed by atoms with Gasteiger partial charge in [0.25, 0.3) is 0 Å². The Hall–Kier alpha value is -1.97. The Morgan fingerprint density at radius 1 is 1.16 bits per heavy atom. The third-order valence-electron chi connectivity index (χ3n) is 4.89. The number of unbranched alkanes of at least 4 members (excludes halogenated alkanes) is 1. The summed E-state index contributed by atoms with van der Waals surface area (Å²) in [5.41, 5.74) is 5.04. The summed E-state index contributed by atoms with van der Waals surface area (Å²) in [5, 5.41) is 5.67. The molecular weight excluding hydrogens is 332 g/mol. The Labute approximate surface area is 153 Å². The first-order valence-electron chi connectivity index (χ1n) is 9.02. The molecule has 1 aliphatic heterocycles. The average Bonchev–Trinajstić information content (AvgIpc) is 3.00. The molecule has 0 aliphatic carbocycles. The van der Waals surface area contributed by atoms with Crippen molar-refractivity contribution in [3.05, 3.63) is 64.3 Å². The van der Waals surface area contributed by atoms with Crippen LogP contribution < -0.4 is 10.1 Å². The number of hydrogen-bond donors (Lipinski definition) is 2. The third-order valence-corrected chi connectivity index (χ3v) is 5.13. The van der Waals surface area contributed by atoms with Crippen LogP contribution in [0.15, 0.2) is 42.5 Å². The van der Waals surface area contributed by atoms with Crippen molar-refractivity contribution >= 4 is 22.5 Å². The molecule has 0 bridgehead atoms. The smallest absolute Gasteiger partial charge is 0.119 e. The van der Waals surface area contributed by atoms with Crippen molar-refractivity contribution < 1.29 is 4.74 Å². The third kappa shape index (κ3) is 3.26. The Bertz CT molecular complexity index is 869. The molecular formula is C21H23ClN2O. The van der Waals surface area contributed by atoms with Crippen LogP contribution in [0, 0.1) is 0 Å². The molecule has 0 spiro atoms. The van der Waals surface area contributed by atoms with Gasteiger partial charge in [0.1, 0.15) is 5.75 Å². The summed E-state index contributed by atoms with van der Waals surface area (Å²) in [6.45, 7) is 3.92. The van der Waals surface area contributed by atoms with Crippen molar-refractivity contribution in [2.24, 2.45) is 0 Å². The lowest BCUT2D eigenvalue weighted by Crippen LogP contribution is -2.30. The van der Waals surface area contributed by atoms with Crippen molar-refractivity contribution in [2.45, 2.75) is 32.2 Å². The van der Waals surface area contributed by atoms with Gasteiger partial charge in [-0.2, -0.15) is 0 Å². The number of nitrogens with one attached hydrogen (secondary N) is 2. The number of halogens is 1. The quantitative estimate of drug-likeness (QED) is 0.615. The fourth-order valence-electron chi connectivity index (χ4n) is 3.58. The molecule has 0 amide bonds. The van der Waals surface area contributed by atoms with E-state index in [0.29, 0.717) is 0 Å². The zero-order valence-electron chi connectivity index (χ0n) is 14.4. The van der Waals surface area contributed by atoms with Gasteiger partial charge in [0.15, 0.2) is 0 Å². The van der Waals surface area contributed by atoms with E-state index in [1.807, 2.05) is 6.07 Å². The second kappa shape index (κ2) is 7.11. The lowest BCUT2D eigenvalue weighted by atomic mass is 9.94. The van der Waals surface area contributed by atoms with Gasteiger partial charge in [-0.1, -0.05) is 37.1 Å². The molecule has 0 saturated heterocycles. The molecule has 0 saturated carbocycles. The molecule has 1 aliphatic rings. The fourth-order valence-corrected chi connectivity index (χ4v) is 3.75. The Balaban J connectivity index is 1.63. The minimum Gasteiger partial charge on any atom is -0.494 e. The predicted octanol–water partition coefficient (Wildman–Crippen LogP) is 5.24. The number of H-pyrrole nitrogens is 1. The topological polar surface area (TPSA) is 37.0 Å². The van der Waals surface area contributed by atoms with Crippen molar-refractivity contribution in [1.82, 2.24) is 10.3 Å².